The molecule has 82 heavy (non-hydrogen) atoms. The number of nitrogens with zero attached hydrogens (tertiary/aromatic N) is 9. The van der Waals surface area contributed by atoms with Gasteiger partial charge in [-0.15, -0.1) is 0 Å². The van der Waals surface area contributed by atoms with Crippen LogP contribution in [0.15, 0.2) is 85.2 Å². The number of carboxylic acids is 1. The Balaban J connectivity index is 0.000000190. The number of carbonyl (C=O) groups is 3. The first-order valence-electron chi connectivity index (χ1n) is 27.8. The third kappa shape index (κ3) is 16.1. The van der Waals surface area contributed by atoms with Gasteiger partial charge in [0.1, 0.15) is 22.8 Å². The number of amides is 2. The summed E-state index contributed by atoms with van der Waals surface area (Å²) in [6, 6.07) is 22.5. The van der Waals surface area contributed by atoms with Gasteiger partial charge in [-0.25, -0.2) is 32.2 Å². The molecule has 0 aliphatic carbocycles. The van der Waals surface area contributed by atoms with Crippen LogP contribution in [0.4, 0.5) is 16.4 Å². The molecule has 6 aromatic rings. The lowest BCUT2D eigenvalue weighted by Crippen LogP contribution is -2.56. The van der Waals surface area contributed by atoms with Gasteiger partial charge in [-0.1, -0.05) is 67.1 Å². The maximum absolute atomic E-state index is 14.1. The Kier molecular flexibility index (Phi) is 20.2. The molecule has 4 saturated heterocycles. The van der Waals surface area contributed by atoms with E-state index in [4.69, 9.17) is 48.9 Å². The van der Waals surface area contributed by atoms with Gasteiger partial charge in [0.2, 0.25) is 15.9 Å². The number of likely N-dealkylation sites (tertiary alicyclic amines) is 1. The number of piperidine rings is 2. The smallest absolute Gasteiger partial charge is 0.407 e. The van der Waals surface area contributed by atoms with Crippen molar-refractivity contribution in [2.75, 3.05) is 55.3 Å². The number of aromatic nitrogens is 6. The van der Waals surface area contributed by atoms with Crippen LogP contribution in [-0.2, 0) is 45.8 Å². The molecule has 4 fully saturated rings. The zero-order valence-corrected chi connectivity index (χ0v) is 50.1. The number of nitrogens with two attached hydrogens (primary N) is 1. The summed E-state index contributed by atoms with van der Waals surface area (Å²) < 4.78 is 59.2. The Bertz CT molecular complexity index is 3420. The summed E-state index contributed by atoms with van der Waals surface area (Å²) in [5.74, 6) is 0.794. The first kappa shape index (κ1) is 62.5. The molecule has 23 nitrogen and oxygen atoms in total. The van der Waals surface area contributed by atoms with Crippen molar-refractivity contribution in [1.29, 1.82) is 4.78 Å². The summed E-state index contributed by atoms with van der Waals surface area (Å²) in [5.41, 5.74) is 10.3. The zero-order valence-electron chi connectivity index (χ0n) is 48.4. The van der Waals surface area contributed by atoms with Crippen LogP contribution in [0.2, 0.25) is 0 Å². The number of nitrogens with one attached hydrogen (secondary N) is 4. The second-order valence-electron chi connectivity index (χ2n) is 23.2. The number of fused-ring (bicyclic) bond motifs is 2. The second-order valence-corrected chi connectivity index (χ2v) is 25.4. The molecular weight excluding hydrogens is 1090 g/mol. The average molecular weight is 1170 g/mol. The molecule has 2 amide bonds. The van der Waals surface area contributed by atoms with E-state index < -0.39 is 43.0 Å². The highest BCUT2D eigenvalue weighted by molar-refractivity contribution is 7.88. The topological polar surface area (TPSA) is 305 Å². The summed E-state index contributed by atoms with van der Waals surface area (Å²) >= 11 is 0. The maximum atomic E-state index is 14.1. The van der Waals surface area contributed by atoms with Gasteiger partial charge in [0.25, 0.3) is 0 Å². The highest BCUT2D eigenvalue weighted by atomic mass is 32.2. The van der Waals surface area contributed by atoms with Crippen LogP contribution >= 0.6 is 0 Å². The third-order valence-corrected chi connectivity index (χ3v) is 15.7. The molecule has 4 aliphatic rings. The number of sulfonamides is 1. The highest BCUT2D eigenvalue weighted by Crippen LogP contribution is 2.36. The minimum absolute atomic E-state index is 0.0641. The number of hydrogen-bond acceptors (Lipinski definition) is 17. The minimum atomic E-state index is -3.68. The van der Waals surface area contributed by atoms with Crippen molar-refractivity contribution in [2.45, 2.75) is 147 Å². The maximum Gasteiger partial charge on any atom is 0.407 e. The van der Waals surface area contributed by atoms with Crippen LogP contribution in [-0.4, -0.2) is 137 Å². The molecule has 0 spiro atoms. The molecule has 5 atom stereocenters. The third-order valence-electron chi connectivity index (χ3n) is 15.0. The Hall–Kier alpha value is -7.06. The van der Waals surface area contributed by atoms with Crippen LogP contribution in [0.5, 0.6) is 0 Å². The van der Waals surface area contributed by atoms with Crippen molar-refractivity contribution in [3.05, 3.63) is 119 Å². The summed E-state index contributed by atoms with van der Waals surface area (Å²) in [5, 5.41) is 25.0. The van der Waals surface area contributed by atoms with E-state index in [0.29, 0.717) is 23.8 Å². The van der Waals surface area contributed by atoms with Crippen molar-refractivity contribution >= 4 is 61.4 Å². The average Bonchev–Trinajstić information content (AvgIpc) is 3.51. The van der Waals surface area contributed by atoms with Crippen LogP contribution in [0.3, 0.4) is 0 Å². The van der Waals surface area contributed by atoms with Gasteiger partial charge in [-0.05, 0) is 118 Å². The van der Waals surface area contributed by atoms with E-state index in [9.17, 15) is 22.8 Å². The molecule has 4 aromatic heterocycles. The summed E-state index contributed by atoms with van der Waals surface area (Å²) in [4.78, 5) is 53.1. The van der Waals surface area contributed by atoms with Gasteiger partial charge in [-0.2, -0.15) is 28.1 Å². The van der Waals surface area contributed by atoms with Crippen molar-refractivity contribution in [2.24, 2.45) is 5.73 Å². The Morgan fingerprint density at radius 3 is 1.82 bits per heavy atom. The van der Waals surface area contributed by atoms with Crippen LogP contribution in [0.1, 0.15) is 139 Å². The first-order valence-corrected chi connectivity index (χ1v) is 30.8. The fourth-order valence-electron chi connectivity index (χ4n) is 10.8. The zero-order chi connectivity index (χ0) is 59.7. The monoisotopic (exact) mass is 1170 g/mol. The molecule has 0 bridgehead atoms. The summed E-state index contributed by atoms with van der Waals surface area (Å²) in [7, 11) is -6.29. The van der Waals surface area contributed by atoms with Crippen molar-refractivity contribution in [1.82, 2.24) is 49.5 Å². The van der Waals surface area contributed by atoms with E-state index in [2.05, 4.69) is 44.3 Å². The number of carboxylic acid groups (broad SMARTS) is 1. The van der Waals surface area contributed by atoms with Crippen molar-refractivity contribution in [3.8, 4) is 0 Å². The molecule has 2 aromatic carbocycles. The van der Waals surface area contributed by atoms with Gasteiger partial charge in [0.15, 0.2) is 11.3 Å². The van der Waals surface area contributed by atoms with Gasteiger partial charge >= 0.3 is 22.6 Å². The standard InChI is InChI=1S/C26H35N7O3S.C21H32N6O2.C10H12O2.HNO2S/c1-18-16-33-23(28-24(18)31-14-12-20(27)17-31)15-21(29-33)22-11-7-8-13-32(22)25(34)26(2,30-37(3,35)36)19-9-5-4-6-10-19;1-14-12-27-18(11-17(25-27)16-7-5-6-9-22-16)24-19(14)26-10-8-15(13-26)23-20(28)29-21(2,3)4;1-10(2,9(11)12)8-6-4-3-5-7-8;1-4(2)3/h4-6,9-10,15-16,20,22,30H,7-8,11-14,17,27H2,1-3H3;11-12,15-16,22H,5-10,13H2,1-4H3,(H,23,28);3-7H,1-2H3,(H,11,12);1H/t20-,22-,26-;15-,16-;;/m00../s1. The number of hydrogen-bond donors (Lipinski definition) is 6. The van der Waals surface area contributed by atoms with Crippen LogP contribution in [0.25, 0.3) is 11.3 Å². The second kappa shape index (κ2) is 26.5. The molecule has 444 valence electrons. The number of carbonyl (C=O) groups excluding carboxylic acids is 2. The van der Waals surface area contributed by atoms with Crippen molar-refractivity contribution in [3.63, 3.8) is 0 Å². The van der Waals surface area contributed by atoms with Gasteiger partial charge in [0.05, 0.1) is 41.2 Å². The summed E-state index contributed by atoms with van der Waals surface area (Å²) in [6.07, 6.45) is 12.7. The van der Waals surface area contributed by atoms with Crippen LogP contribution in [0, 0.1) is 18.6 Å². The molecule has 7 N–H and O–H groups in total. The Morgan fingerprint density at radius 2 is 1.29 bits per heavy atom. The number of ether oxygens (including phenoxy) is 1. The molecule has 25 heteroatoms. The molecular formula is C57H80N14O9S2. The quantitative estimate of drug-likeness (QED) is 0.0784. The number of alkyl carbamates (subject to hydrolysis) is 1. The number of aryl methyl sites for hydroxylation is 2. The molecule has 4 aliphatic heterocycles. The van der Waals surface area contributed by atoms with Crippen LogP contribution < -0.4 is 30.9 Å². The number of rotatable bonds is 11. The van der Waals surface area contributed by atoms with Gasteiger partial charge < -0.3 is 40.9 Å². The van der Waals surface area contributed by atoms with E-state index in [-0.39, 0.29) is 30.1 Å². The Labute approximate surface area is 481 Å². The Morgan fingerprint density at radius 1 is 0.756 bits per heavy atom. The lowest BCUT2D eigenvalue weighted by molar-refractivity contribution is -0.142. The first-order chi connectivity index (χ1) is 38.6. The predicted molar refractivity (Wildman–Crippen MR) is 314 cm³/mol. The van der Waals surface area contributed by atoms with Crippen molar-refractivity contribution < 1.29 is 41.1 Å². The fourth-order valence-corrected chi connectivity index (χ4v) is 11.7. The SMILES string of the molecule is CC(C)(C(=O)O)c1ccccc1.Cc1cn2nc([C@@H]3CCCCN3)cc2nc1N1CC[C@H](NC(=O)OC(C)(C)C)C1.Cc1cn2nc([C@@H]3CCCCN3C(=O)[C@@](C)(NS(C)(=O)=O)c3ccccc3)cc2nc1N1CC[C@H](N)C1.N=S(=O)=O. The van der Waals surface area contributed by atoms with E-state index in [1.54, 1.807) is 54.5 Å². The van der Waals surface area contributed by atoms with E-state index in [1.807, 2.05) is 80.9 Å². The number of benzene rings is 2. The molecule has 8 heterocycles. The van der Waals surface area contributed by atoms with Gasteiger partial charge in [0, 0.05) is 74.4 Å². The lowest BCUT2D eigenvalue weighted by atomic mass is 9.85. The number of anilines is 2. The highest BCUT2D eigenvalue weighted by Gasteiger charge is 2.44. The lowest BCUT2D eigenvalue weighted by Gasteiger charge is -2.41. The molecule has 10 rings (SSSR count). The molecule has 0 saturated carbocycles. The van der Waals surface area contributed by atoms with Gasteiger partial charge in [-0.3, -0.25) is 9.59 Å². The predicted octanol–water partition coefficient (Wildman–Crippen LogP) is 6.73. The fraction of sp³-hybridized carbons (Fsp3) is 0.526. The van der Waals surface area contributed by atoms with E-state index in [1.165, 1.54) is 12.8 Å². The molecule has 0 unspecified atom stereocenters. The minimum Gasteiger partial charge on any atom is -0.481 e. The van der Waals surface area contributed by atoms with E-state index >= 15 is 0 Å². The summed E-state index contributed by atoms with van der Waals surface area (Å²) in [6.45, 7) is 19.6. The molecule has 0 radical (unpaired) electrons. The largest absolute Gasteiger partial charge is 0.481 e. The normalized spacial score (nSPS) is 20.1. The number of aliphatic carboxylic acids is 1. The van der Waals surface area contributed by atoms with E-state index in [0.717, 1.165) is 123 Å².